The van der Waals surface area contributed by atoms with Gasteiger partial charge >= 0.3 is 0 Å². The van der Waals surface area contributed by atoms with Crippen LogP contribution >= 0.6 is 0 Å². The van der Waals surface area contributed by atoms with Gasteiger partial charge in [-0.05, 0) is 31.2 Å². The fourth-order valence-corrected chi connectivity index (χ4v) is 3.07. The van der Waals surface area contributed by atoms with Crippen LogP contribution in [0.3, 0.4) is 0 Å². The van der Waals surface area contributed by atoms with Crippen LogP contribution < -0.4 is 5.32 Å². The van der Waals surface area contributed by atoms with Gasteiger partial charge in [-0.1, -0.05) is 12.1 Å². The molecule has 0 aliphatic carbocycles. The van der Waals surface area contributed by atoms with Crippen LogP contribution in [0, 0.1) is 0 Å². The molecule has 6 heteroatoms. The summed E-state index contributed by atoms with van der Waals surface area (Å²) < 4.78 is 7.48. The Kier molecular flexibility index (Phi) is 3.57. The molecule has 0 saturated carbocycles. The predicted octanol–water partition coefficient (Wildman–Crippen LogP) is 3.26. The van der Waals surface area contributed by atoms with E-state index >= 15 is 0 Å². The number of carbonyl (C=O) groups is 1. The summed E-state index contributed by atoms with van der Waals surface area (Å²) in [4.78, 5) is 19.3. The molecule has 122 valence electrons. The Bertz CT molecular complexity index is 854. The third kappa shape index (κ3) is 2.36. The number of imidazole rings is 1. The maximum atomic E-state index is 13.1. The van der Waals surface area contributed by atoms with Crippen LogP contribution in [-0.2, 0) is 13.1 Å². The van der Waals surface area contributed by atoms with E-state index in [4.69, 9.17) is 4.42 Å². The number of nitrogens with one attached hydrogen (secondary N) is 1. The van der Waals surface area contributed by atoms with E-state index in [9.17, 15) is 4.79 Å². The minimum Gasteiger partial charge on any atom is -0.467 e. The standard InChI is InChI=1S/C18H18N4O2/c1-2-21-10-9-19-16(21)17-20-15-8-4-3-7-14(15)18(23)22(17)12-13-6-5-11-24-13/h3-11,17,20H,2,12H2,1H3. The first-order chi connectivity index (χ1) is 11.8. The predicted molar refractivity (Wildman–Crippen MR) is 89.3 cm³/mol. The summed E-state index contributed by atoms with van der Waals surface area (Å²) in [5.41, 5.74) is 1.49. The second-order valence-electron chi connectivity index (χ2n) is 5.68. The second-order valence-corrected chi connectivity index (χ2v) is 5.68. The lowest BCUT2D eigenvalue weighted by molar-refractivity contribution is 0.0640. The number of aryl methyl sites for hydroxylation is 1. The van der Waals surface area contributed by atoms with Crippen molar-refractivity contribution in [2.24, 2.45) is 0 Å². The number of furan rings is 1. The number of amides is 1. The van der Waals surface area contributed by atoms with Gasteiger partial charge in [-0.3, -0.25) is 4.79 Å². The molecule has 2 aromatic heterocycles. The van der Waals surface area contributed by atoms with Gasteiger partial charge in [-0.2, -0.15) is 0 Å². The number of carbonyl (C=O) groups excluding carboxylic acids is 1. The van der Waals surface area contributed by atoms with E-state index in [0.29, 0.717) is 12.1 Å². The number of benzene rings is 1. The van der Waals surface area contributed by atoms with Gasteiger partial charge in [0.1, 0.15) is 5.76 Å². The van der Waals surface area contributed by atoms with Crippen LogP contribution in [0.25, 0.3) is 0 Å². The molecule has 1 N–H and O–H groups in total. The average Bonchev–Trinajstić information content (AvgIpc) is 3.28. The Morgan fingerprint density at radius 1 is 1.25 bits per heavy atom. The zero-order chi connectivity index (χ0) is 16.5. The molecule has 3 aromatic rings. The summed E-state index contributed by atoms with van der Waals surface area (Å²) in [6.07, 6.45) is 4.96. The topological polar surface area (TPSA) is 63.3 Å². The van der Waals surface area contributed by atoms with E-state index in [1.165, 1.54) is 0 Å². The summed E-state index contributed by atoms with van der Waals surface area (Å²) in [5.74, 6) is 1.52. The highest BCUT2D eigenvalue weighted by molar-refractivity contribution is 6.01. The van der Waals surface area contributed by atoms with Gasteiger partial charge in [0, 0.05) is 24.6 Å². The Labute approximate surface area is 139 Å². The first-order valence-corrected chi connectivity index (χ1v) is 7.98. The summed E-state index contributed by atoms with van der Waals surface area (Å²) in [6.45, 7) is 3.23. The number of hydrogen-bond acceptors (Lipinski definition) is 4. The number of fused-ring (bicyclic) bond motifs is 1. The van der Waals surface area contributed by atoms with Gasteiger partial charge in [0.15, 0.2) is 12.0 Å². The number of rotatable bonds is 4. The number of aromatic nitrogens is 2. The first-order valence-electron chi connectivity index (χ1n) is 7.98. The monoisotopic (exact) mass is 322 g/mol. The maximum absolute atomic E-state index is 13.1. The van der Waals surface area contributed by atoms with Gasteiger partial charge in [0.2, 0.25) is 0 Å². The molecule has 1 atom stereocenters. The molecule has 1 unspecified atom stereocenters. The van der Waals surface area contributed by atoms with Crippen LogP contribution in [0.15, 0.2) is 59.5 Å². The van der Waals surface area contributed by atoms with Crippen molar-refractivity contribution in [3.8, 4) is 0 Å². The Hall–Kier alpha value is -3.02. The van der Waals surface area contributed by atoms with Crippen LogP contribution in [0.4, 0.5) is 5.69 Å². The summed E-state index contributed by atoms with van der Waals surface area (Å²) in [5, 5.41) is 3.45. The molecule has 1 aliphatic heterocycles. The molecular formula is C18H18N4O2. The van der Waals surface area contributed by atoms with E-state index < -0.39 is 0 Å². The Morgan fingerprint density at radius 2 is 2.12 bits per heavy atom. The molecule has 1 aromatic carbocycles. The quantitative estimate of drug-likeness (QED) is 0.801. The van der Waals surface area contributed by atoms with Gasteiger partial charge in [0.05, 0.1) is 18.4 Å². The zero-order valence-corrected chi connectivity index (χ0v) is 13.3. The van der Waals surface area contributed by atoms with Crippen molar-refractivity contribution in [2.45, 2.75) is 26.2 Å². The van der Waals surface area contributed by atoms with Gasteiger partial charge in [-0.25, -0.2) is 4.98 Å². The summed E-state index contributed by atoms with van der Waals surface area (Å²) >= 11 is 0. The van der Waals surface area contributed by atoms with Gasteiger partial charge in [-0.15, -0.1) is 0 Å². The largest absolute Gasteiger partial charge is 0.467 e. The average molecular weight is 322 g/mol. The van der Waals surface area contributed by atoms with Crippen LogP contribution in [-0.4, -0.2) is 20.4 Å². The van der Waals surface area contributed by atoms with Crippen molar-refractivity contribution in [3.63, 3.8) is 0 Å². The van der Waals surface area contributed by atoms with E-state index in [1.54, 1.807) is 17.4 Å². The molecule has 1 aliphatic rings. The third-order valence-electron chi connectivity index (χ3n) is 4.26. The minimum atomic E-state index is -0.340. The van der Waals surface area contributed by atoms with E-state index in [2.05, 4.69) is 17.2 Å². The SMILES string of the molecule is CCn1ccnc1C1Nc2ccccc2C(=O)N1Cc1ccco1. The van der Waals surface area contributed by atoms with E-state index in [-0.39, 0.29) is 12.1 Å². The molecular weight excluding hydrogens is 304 g/mol. The van der Waals surface area contributed by atoms with Gasteiger partial charge in [0.25, 0.3) is 5.91 Å². The molecule has 6 nitrogen and oxygen atoms in total. The van der Waals surface area contributed by atoms with Crippen molar-refractivity contribution in [1.29, 1.82) is 0 Å². The molecule has 4 rings (SSSR count). The molecule has 0 fully saturated rings. The number of anilines is 1. The highest BCUT2D eigenvalue weighted by Crippen LogP contribution is 2.33. The lowest BCUT2D eigenvalue weighted by Gasteiger charge is -2.37. The molecule has 3 heterocycles. The smallest absolute Gasteiger partial charge is 0.258 e. The number of para-hydroxylation sites is 1. The molecule has 1 amide bonds. The van der Waals surface area contributed by atoms with Crippen molar-refractivity contribution < 1.29 is 9.21 Å². The molecule has 0 saturated heterocycles. The third-order valence-corrected chi connectivity index (χ3v) is 4.26. The highest BCUT2D eigenvalue weighted by Gasteiger charge is 2.35. The lowest BCUT2D eigenvalue weighted by atomic mass is 10.1. The highest BCUT2D eigenvalue weighted by atomic mass is 16.3. The van der Waals surface area contributed by atoms with Crippen LogP contribution in [0.5, 0.6) is 0 Å². The molecule has 0 bridgehead atoms. The molecule has 0 spiro atoms. The number of hydrogen-bond donors (Lipinski definition) is 1. The van der Waals surface area contributed by atoms with E-state index in [1.807, 2.05) is 47.2 Å². The maximum Gasteiger partial charge on any atom is 0.258 e. The van der Waals surface area contributed by atoms with Crippen molar-refractivity contribution in [1.82, 2.24) is 14.5 Å². The Balaban J connectivity index is 1.78. The molecule has 0 radical (unpaired) electrons. The van der Waals surface area contributed by atoms with Crippen LogP contribution in [0.1, 0.15) is 35.0 Å². The summed E-state index contributed by atoms with van der Waals surface area (Å²) in [6, 6.07) is 11.2. The number of nitrogens with zero attached hydrogens (tertiary/aromatic N) is 3. The fraction of sp³-hybridized carbons (Fsp3) is 0.222. The van der Waals surface area contributed by atoms with Crippen molar-refractivity contribution in [2.75, 3.05) is 5.32 Å². The van der Waals surface area contributed by atoms with Crippen molar-refractivity contribution >= 4 is 11.6 Å². The zero-order valence-electron chi connectivity index (χ0n) is 13.3. The normalized spacial score (nSPS) is 16.8. The van der Waals surface area contributed by atoms with E-state index in [0.717, 1.165) is 23.8 Å². The van der Waals surface area contributed by atoms with Gasteiger partial charge < -0.3 is 19.2 Å². The van der Waals surface area contributed by atoms with Crippen molar-refractivity contribution in [3.05, 3.63) is 72.2 Å². The molecule has 24 heavy (non-hydrogen) atoms. The lowest BCUT2D eigenvalue weighted by Crippen LogP contribution is -2.43. The summed E-state index contributed by atoms with van der Waals surface area (Å²) in [7, 11) is 0. The minimum absolute atomic E-state index is 0.0311. The Morgan fingerprint density at radius 3 is 2.92 bits per heavy atom. The van der Waals surface area contributed by atoms with Crippen LogP contribution in [0.2, 0.25) is 0 Å². The fourth-order valence-electron chi connectivity index (χ4n) is 3.07. The second kappa shape index (κ2) is 5.88. The first kappa shape index (κ1) is 14.6.